The Labute approximate surface area is 109 Å². The van der Waals surface area contributed by atoms with Crippen molar-refractivity contribution in [2.45, 2.75) is 52.1 Å². The minimum absolute atomic E-state index is 0.0335. The summed E-state index contributed by atoms with van der Waals surface area (Å²) in [5, 5.41) is 6.09. The average molecular weight is 255 g/mol. The molecule has 0 radical (unpaired) electrons. The summed E-state index contributed by atoms with van der Waals surface area (Å²) in [7, 11) is 0. The molecule has 1 atom stereocenters. The van der Waals surface area contributed by atoms with Gasteiger partial charge in [0, 0.05) is 44.6 Å². The molecule has 0 aromatic heterocycles. The smallest absolute Gasteiger partial charge is 0.222 e. The van der Waals surface area contributed by atoms with Crippen molar-refractivity contribution in [1.29, 1.82) is 0 Å². The molecule has 5 nitrogen and oxygen atoms in total. The third-order valence-corrected chi connectivity index (χ3v) is 3.07. The SMILES string of the molecule is CC(C)NC(=O)CCCC(=O)N1CCNCC1C. The molecule has 5 heteroatoms. The van der Waals surface area contributed by atoms with Gasteiger partial charge in [0.25, 0.3) is 0 Å². The van der Waals surface area contributed by atoms with E-state index in [-0.39, 0.29) is 23.9 Å². The maximum absolute atomic E-state index is 12.0. The second-order valence-corrected chi connectivity index (χ2v) is 5.22. The molecule has 1 saturated heterocycles. The summed E-state index contributed by atoms with van der Waals surface area (Å²) >= 11 is 0. The molecule has 1 fully saturated rings. The van der Waals surface area contributed by atoms with E-state index in [4.69, 9.17) is 0 Å². The largest absolute Gasteiger partial charge is 0.354 e. The summed E-state index contributed by atoms with van der Waals surface area (Å²) in [6.07, 6.45) is 1.54. The summed E-state index contributed by atoms with van der Waals surface area (Å²) in [6, 6.07) is 0.428. The summed E-state index contributed by atoms with van der Waals surface area (Å²) in [5.41, 5.74) is 0. The quantitative estimate of drug-likeness (QED) is 0.752. The topological polar surface area (TPSA) is 61.4 Å². The number of hydrogen-bond acceptors (Lipinski definition) is 3. The first kappa shape index (κ1) is 15.0. The van der Waals surface area contributed by atoms with Crippen molar-refractivity contribution < 1.29 is 9.59 Å². The van der Waals surface area contributed by atoms with Crippen molar-refractivity contribution in [2.75, 3.05) is 19.6 Å². The van der Waals surface area contributed by atoms with Crippen LogP contribution in [0.5, 0.6) is 0 Å². The van der Waals surface area contributed by atoms with Crippen LogP contribution in [-0.4, -0.2) is 48.4 Å². The number of nitrogens with one attached hydrogen (secondary N) is 2. The van der Waals surface area contributed by atoms with Gasteiger partial charge in [0.15, 0.2) is 0 Å². The van der Waals surface area contributed by atoms with Crippen LogP contribution in [0, 0.1) is 0 Å². The number of carbonyl (C=O) groups excluding carboxylic acids is 2. The first-order valence-electron chi connectivity index (χ1n) is 6.80. The Hall–Kier alpha value is -1.10. The van der Waals surface area contributed by atoms with Crippen LogP contribution < -0.4 is 10.6 Å². The van der Waals surface area contributed by atoms with E-state index in [2.05, 4.69) is 17.6 Å². The zero-order valence-corrected chi connectivity index (χ0v) is 11.7. The molecule has 104 valence electrons. The molecule has 1 aliphatic rings. The second kappa shape index (κ2) is 7.36. The molecule has 2 amide bonds. The van der Waals surface area contributed by atoms with E-state index < -0.39 is 0 Å². The van der Waals surface area contributed by atoms with Gasteiger partial charge in [-0.25, -0.2) is 0 Å². The maximum atomic E-state index is 12.0. The van der Waals surface area contributed by atoms with E-state index in [1.54, 1.807) is 0 Å². The van der Waals surface area contributed by atoms with Crippen molar-refractivity contribution in [1.82, 2.24) is 15.5 Å². The van der Waals surface area contributed by atoms with Gasteiger partial charge in [0.05, 0.1) is 0 Å². The van der Waals surface area contributed by atoms with E-state index in [9.17, 15) is 9.59 Å². The van der Waals surface area contributed by atoms with Crippen molar-refractivity contribution in [3.63, 3.8) is 0 Å². The highest BCUT2D eigenvalue weighted by molar-refractivity contribution is 5.79. The fourth-order valence-electron chi connectivity index (χ4n) is 2.15. The number of piperazine rings is 1. The molecule has 1 unspecified atom stereocenters. The number of rotatable bonds is 5. The molecule has 0 saturated carbocycles. The zero-order valence-electron chi connectivity index (χ0n) is 11.7. The Morgan fingerprint density at radius 2 is 2.11 bits per heavy atom. The highest BCUT2D eigenvalue weighted by atomic mass is 16.2. The third kappa shape index (κ3) is 5.04. The first-order chi connectivity index (χ1) is 8.50. The molecule has 0 bridgehead atoms. The minimum Gasteiger partial charge on any atom is -0.354 e. The molecular weight excluding hydrogens is 230 g/mol. The van der Waals surface area contributed by atoms with Gasteiger partial charge in [-0.2, -0.15) is 0 Å². The molecule has 2 N–H and O–H groups in total. The summed E-state index contributed by atoms with van der Waals surface area (Å²) in [5.74, 6) is 0.201. The lowest BCUT2D eigenvalue weighted by Crippen LogP contribution is -2.52. The van der Waals surface area contributed by atoms with Crippen LogP contribution in [0.1, 0.15) is 40.0 Å². The van der Waals surface area contributed by atoms with Gasteiger partial charge in [-0.15, -0.1) is 0 Å². The summed E-state index contributed by atoms with van der Waals surface area (Å²) < 4.78 is 0. The predicted molar refractivity (Wildman–Crippen MR) is 71.2 cm³/mol. The van der Waals surface area contributed by atoms with E-state index in [1.807, 2.05) is 18.7 Å². The molecule has 1 heterocycles. The standard InChI is InChI=1S/C13H25N3O2/c1-10(2)15-12(17)5-4-6-13(18)16-8-7-14-9-11(16)3/h10-11,14H,4-9H2,1-3H3,(H,15,17). The van der Waals surface area contributed by atoms with Gasteiger partial charge in [0.2, 0.25) is 11.8 Å². The number of nitrogens with zero attached hydrogens (tertiary/aromatic N) is 1. The monoisotopic (exact) mass is 255 g/mol. The maximum Gasteiger partial charge on any atom is 0.222 e. The average Bonchev–Trinajstić information content (AvgIpc) is 2.28. The fourth-order valence-corrected chi connectivity index (χ4v) is 2.15. The number of hydrogen-bond donors (Lipinski definition) is 2. The summed E-state index contributed by atoms with van der Waals surface area (Å²) in [4.78, 5) is 25.3. The third-order valence-electron chi connectivity index (χ3n) is 3.07. The minimum atomic E-state index is 0.0335. The zero-order chi connectivity index (χ0) is 13.5. The van der Waals surface area contributed by atoms with Crippen LogP contribution in [0.25, 0.3) is 0 Å². The van der Waals surface area contributed by atoms with Crippen molar-refractivity contribution in [2.24, 2.45) is 0 Å². The molecule has 1 aliphatic heterocycles. The van der Waals surface area contributed by atoms with Gasteiger partial charge in [-0.05, 0) is 27.2 Å². The Bertz CT molecular complexity index is 292. The summed E-state index contributed by atoms with van der Waals surface area (Å²) in [6.45, 7) is 8.42. The molecular formula is C13H25N3O2. The van der Waals surface area contributed by atoms with Crippen LogP contribution in [0.4, 0.5) is 0 Å². The van der Waals surface area contributed by atoms with Crippen LogP contribution in [0.3, 0.4) is 0 Å². The lowest BCUT2D eigenvalue weighted by Gasteiger charge is -2.34. The Morgan fingerprint density at radius 3 is 2.72 bits per heavy atom. The van der Waals surface area contributed by atoms with Crippen LogP contribution in [0.2, 0.25) is 0 Å². The van der Waals surface area contributed by atoms with Crippen molar-refractivity contribution in [3.05, 3.63) is 0 Å². The Balaban J connectivity index is 2.22. The van der Waals surface area contributed by atoms with Gasteiger partial charge < -0.3 is 15.5 Å². The van der Waals surface area contributed by atoms with Crippen LogP contribution in [0.15, 0.2) is 0 Å². The predicted octanol–water partition coefficient (Wildman–Crippen LogP) is 0.502. The van der Waals surface area contributed by atoms with Crippen LogP contribution in [-0.2, 0) is 9.59 Å². The van der Waals surface area contributed by atoms with E-state index in [0.29, 0.717) is 19.3 Å². The van der Waals surface area contributed by atoms with E-state index >= 15 is 0 Å². The lowest BCUT2D eigenvalue weighted by atomic mass is 10.1. The highest BCUT2D eigenvalue weighted by Crippen LogP contribution is 2.07. The van der Waals surface area contributed by atoms with Gasteiger partial charge in [0.1, 0.15) is 0 Å². The molecule has 0 aliphatic carbocycles. The molecule has 0 spiro atoms. The number of carbonyl (C=O) groups is 2. The number of amides is 2. The fraction of sp³-hybridized carbons (Fsp3) is 0.846. The van der Waals surface area contributed by atoms with Gasteiger partial charge in [-0.1, -0.05) is 0 Å². The van der Waals surface area contributed by atoms with Gasteiger partial charge in [-0.3, -0.25) is 9.59 Å². The van der Waals surface area contributed by atoms with Crippen molar-refractivity contribution >= 4 is 11.8 Å². The Kier molecular flexibility index (Phi) is 6.12. The molecule has 0 aromatic carbocycles. The van der Waals surface area contributed by atoms with Gasteiger partial charge >= 0.3 is 0 Å². The molecule has 0 aromatic rings. The Morgan fingerprint density at radius 1 is 1.39 bits per heavy atom. The highest BCUT2D eigenvalue weighted by Gasteiger charge is 2.22. The second-order valence-electron chi connectivity index (χ2n) is 5.22. The lowest BCUT2D eigenvalue weighted by molar-refractivity contribution is -0.134. The first-order valence-corrected chi connectivity index (χ1v) is 6.80. The van der Waals surface area contributed by atoms with Crippen LogP contribution >= 0.6 is 0 Å². The van der Waals surface area contributed by atoms with E-state index in [1.165, 1.54) is 0 Å². The molecule has 1 rings (SSSR count). The van der Waals surface area contributed by atoms with E-state index in [0.717, 1.165) is 19.6 Å². The molecule has 18 heavy (non-hydrogen) atoms. The van der Waals surface area contributed by atoms with Crippen molar-refractivity contribution in [3.8, 4) is 0 Å². The normalized spacial score (nSPS) is 20.0.